The van der Waals surface area contributed by atoms with Crippen LogP contribution >= 0.6 is 0 Å². The molecule has 2 rings (SSSR count). The van der Waals surface area contributed by atoms with Gasteiger partial charge in [0.1, 0.15) is 0 Å². The minimum atomic E-state index is 0.647. The summed E-state index contributed by atoms with van der Waals surface area (Å²) in [5, 5.41) is 0. The van der Waals surface area contributed by atoms with Crippen LogP contribution in [0.1, 0.15) is 20.8 Å². The molecule has 1 saturated heterocycles. The van der Waals surface area contributed by atoms with Gasteiger partial charge in [-0.3, -0.25) is 4.90 Å². The van der Waals surface area contributed by atoms with Crippen LogP contribution in [0.5, 0.6) is 0 Å². The maximum atomic E-state index is 2.58. The van der Waals surface area contributed by atoms with E-state index >= 15 is 0 Å². The molecule has 0 spiro atoms. The summed E-state index contributed by atoms with van der Waals surface area (Å²) >= 11 is 0. The summed E-state index contributed by atoms with van der Waals surface area (Å²) in [7, 11) is 0. The van der Waals surface area contributed by atoms with Crippen molar-refractivity contribution in [2.24, 2.45) is 0 Å². The topological polar surface area (TPSA) is 6.48 Å². The zero-order valence-electron chi connectivity index (χ0n) is 10.6. The van der Waals surface area contributed by atoms with Crippen LogP contribution in [0, 0.1) is 0 Å². The molecule has 16 heavy (non-hydrogen) atoms. The zero-order valence-corrected chi connectivity index (χ0v) is 10.6. The van der Waals surface area contributed by atoms with Gasteiger partial charge in [-0.15, -0.1) is 0 Å². The summed E-state index contributed by atoms with van der Waals surface area (Å²) in [6.07, 6.45) is 0. The monoisotopic (exact) mass is 218 g/mol. The lowest BCUT2D eigenvalue weighted by molar-refractivity contribution is 0.140. The Bertz CT molecular complexity index is 311. The smallest absolute Gasteiger partial charge is 0.0367 e. The predicted molar refractivity (Wildman–Crippen MR) is 70.0 cm³/mol. The van der Waals surface area contributed by atoms with Gasteiger partial charge >= 0.3 is 0 Å². The van der Waals surface area contributed by atoms with E-state index in [1.165, 1.54) is 5.69 Å². The molecule has 0 N–H and O–H groups in total. The number of piperazine rings is 1. The average molecular weight is 218 g/mol. The molecule has 88 valence electrons. The van der Waals surface area contributed by atoms with E-state index in [0.717, 1.165) is 19.6 Å². The fourth-order valence-corrected chi connectivity index (χ4v) is 2.83. The lowest BCUT2D eigenvalue weighted by Crippen LogP contribution is -2.56. The SMILES string of the molecule is CCN1C(C)CN(c2ccccc2)CC1C. The van der Waals surface area contributed by atoms with Crippen molar-refractivity contribution in [1.29, 1.82) is 0 Å². The number of anilines is 1. The average Bonchev–Trinajstić information content (AvgIpc) is 2.30. The number of hydrogen-bond acceptors (Lipinski definition) is 2. The van der Waals surface area contributed by atoms with Crippen LogP contribution in [0.3, 0.4) is 0 Å². The van der Waals surface area contributed by atoms with Gasteiger partial charge in [0.25, 0.3) is 0 Å². The number of para-hydroxylation sites is 1. The summed E-state index contributed by atoms with van der Waals surface area (Å²) in [5.74, 6) is 0. The van der Waals surface area contributed by atoms with Gasteiger partial charge in [-0.05, 0) is 32.5 Å². The van der Waals surface area contributed by atoms with Crippen LogP contribution in [0.25, 0.3) is 0 Å². The fourth-order valence-electron chi connectivity index (χ4n) is 2.83. The van der Waals surface area contributed by atoms with Crippen molar-refractivity contribution in [3.8, 4) is 0 Å². The number of hydrogen-bond donors (Lipinski definition) is 0. The fraction of sp³-hybridized carbons (Fsp3) is 0.571. The van der Waals surface area contributed by atoms with Crippen LogP contribution < -0.4 is 4.90 Å². The molecule has 1 aliphatic heterocycles. The molecule has 0 saturated carbocycles. The van der Waals surface area contributed by atoms with E-state index in [-0.39, 0.29) is 0 Å². The molecule has 1 aromatic carbocycles. The number of nitrogens with zero attached hydrogens (tertiary/aromatic N) is 2. The van der Waals surface area contributed by atoms with E-state index in [4.69, 9.17) is 0 Å². The minimum absolute atomic E-state index is 0.647. The van der Waals surface area contributed by atoms with Crippen LogP contribution in [0.4, 0.5) is 5.69 Å². The largest absolute Gasteiger partial charge is 0.368 e. The van der Waals surface area contributed by atoms with Crippen molar-refractivity contribution in [2.75, 3.05) is 24.5 Å². The first-order valence-corrected chi connectivity index (χ1v) is 6.28. The van der Waals surface area contributed by atoms with Crippen LogP contribution in [0.2, 0.25) is 0 Å². The summed E-state index contributed by atoms with van der Waals surface area (Å²) in [6, 6.07) is 12.0. The van der Waals surface area contributed by atoms with Crippen molar-refractivity contribution in [3.05, 3.63) is 30.3 Å². The highest BCUT2D eigenvalue weighted by Gasteiger charge is 2.27. The van der Waals surface area contributed by atoms with Gasteiger partial charge in [-0.25, -0.2) is 0 Å². The Morgan fingerprint density at radius 2 is 1.62 bits per heavy atom. The molecule has 0 bridgehead atoms. The Hall–Kier alpha value is -1.02. The lowest BCUT2D eigenvalue weighted by atomic mass is 10.1. The normalized spacial score (nSPS) is 27.1. The summed E-state index contributed by atoms with van der Waals surface area (Å²) in [4.78, 5) is 5.08. The lowest BCUT2D eigenvalue weighted by Gasteiger charge is -2.45. The van der Waals surface area contributed by atoms with Crippen molar-refractivity contribution in [3.63, 3.8) is 0 Å². The number of benzene rings is 1. The van der Waals surface area contributed by atoms with E-state index in [9.17, 15) is 0 Å². The first-order valence-electron chi connectivity index (χ1n) is 6.28. The van der Waals surface area contributed by atoms with Gasteiger partial charge in [0, 0.05) is 30.9 Å². The molecule has 2 heteroatoms. The maximum Gasteiger partial charge on any atom is 0.0367 e. The van der Waals surface area contributed by atoms with Gasteiger partial charge < -0.3 is 4.90 Å². The maximum absolute atomic E-state index is 2.58. The Labute approximate surface area is 98.9 Å². The molecular weight excluding hydrogens is 196 g/mol. The van der Waals surface area contributed by atoms with Gasteiger partial charge in [-0.2, -0.15) is 0 Å². The number of rotatable bonds is 2. The first-order chi connectivity index (χ1) is 7.72. The van der Waals surface area contributed by atoms with Crippen molar-refractivity contribution in [2.45, 2.75) is 32.9 Å². The van der Waals surface area contributed by atoms with E-state index in [1.54, 1.807) is 0 Å². The predicted octanol–water partition coefficient (Wildman–Crippen LogP) is 2.61. The Morgan fingerprint density at radius 3 is 2.12 bits per heavy atom. The molecule has 2 unspecified atom stereocenters. The summed E-state index contributed by atoms with van der Waals surface area (Å²) in [5.41, 5.74) is 1.36. The highest BCUT2D eigenvalue weighted by molar-refractivity contribution is 5.46. The van der Waals surface area contributed by atoms with Gasteiger partial charge in [0.15, 0.2) is 0 Å². The molecule has 1 aliphatic rings. The van der Waals surface area contributed by atoms with E-state index in [1.807, 2.05) is 0 Å². The van der Waals surface area contributed by atoms with E-state index in [0.29, 0.717) is 12.1 Å². The third-order valence-corrected chi connectivity index (χ3v) is 3.59. The standard InChI is InChI=1S/C14H22N2/c1-4-16-12(2)10-15(11-13(16)3)14-8-6-5-7-9-14/h5-9,12-13H,4,10-11H2,1-3H3. The van der Waals surface area contributed by atoms with Crippen LogP contribution in [-0.4, -0.2) is 36.6 Å². The first kappa shape index (κ1) is 11.5. The number of likely N-dealkylation sites (N-methyl/N-ethyl adjacent to an activating group) is 1. The van der Waals surface area contributed by atoms with Crippen molar-refractivity contribution < 1.29 is 0 Å². The second-order valence-corrected chi connectivity index (χ2v) is 4.77. The Kier molecular flexibility index (Phi) is 3.49. The van der Waals surface area contributed by atoms with E-state index < -0.39 is 0 Å². The molecule has 1 aromatic rings. The van der Waals surface area contributed by atoms with Crippen molar-refractivity contribution in [1.82, 2.24) is 4.90 Å². The van der Waals surface area contributed by atoms with Gasteiger partial charge in [0.05, 0.1) is 0 Å². The summed E-state index contributed by atoms with van der Waals surface area (Å²) < 4.78 is 0. The second-order valence-electron chi connectivity index (χ2n) is 4.77. The zero-order chi connectivity index (χ0) is 11.5. The summed E-state index contributed by atoms with van der Waals surface area (Å²) in [6.45, 7) is 10.4. The highest BCUT2D eigenvalue weighted by atomic mass is 15.3. The van der Waals surface area contributed by atoms with Crippen LogP contribution in [-0.2, 0) is 0 Å². The molecule has 1 heterocycles. The molecular formula is C14H22N2. The minimum Gasteiger partial charge on any atom is -0.368 e. The quantitative estimate of drug-likeness (QED) is 0.753. The molecule has 0 radical (unpaired) electrons. The third kappa shape index (κ3) is 2.22. The molecule has 2 nitrogen and oxygen atoms in total. The van der Waals surface area contributed by atoms with Gasteiger partial charge in [-0.1, -0.05) is 25.1 Å². The van der Waals surface area contributed by atoms with Crippen LogP contribution in [0.15, 0.2) is 30.3 Å². The van der Waals surface area contributed by atoms with Gasteiger partial charge in [0.2, 0.25) is 0 Å². The molecule has 0 amide bonds. The Balaban J connectivity index is 2.10. The molecule has 2 atom stereocenters. The highest BCUT2D eigenvalue weighted by Crippen LogP contribution is 2.21. The Morgan fingerprint density at radius 1 is 1.06 bits per heavy atom. The molecule has 0 aliphatic carbocycles. The third-order valence-electron chi connectivity index (χ3n) is 3.59. The second kappa shape index (κ2) is 4.88. The molecule has 0 aromatic heterocycles. The molecule has 1 fully saturated rings. The van der Waals surface area contributed by atoms with Crippen molar-refractivity contribution >= 4 is 5.69 Å². The van der Waals surface area contributed by atoms with E-state index in [2.05, 4.69) is 60.9 Å².